The Bertz CT molecular complexity index is 383. The van der Waals surface area contributed by atoms with Gasteiger partial charge in [0.25, 0.3) is 0 Å². The maximum Gasteiger partial charge on any atom is 0.243 e. The molecule has 0 spiro atoms. The average molecular weight is 236 g/mol. The van der Waals surface area contributed by atoms with Crippen LogP contribution in [0.4, 0.5) is 5.69 Å². The third-order valence-corrected chi connectivity index (χ3v) is 2.31. The zero-order chi connectivity index (χ0) is 12.9. The second-order valence-corrected chi connectivity index (χ2v) is 4.47. The van der Waals surface area contributed by atoms with Crippen molar-refractivity contribution in [1.82, 2.24) is 0 Å². The van der Waals surface area contributed by atoms with Crippen molar-refractivity contribution >= 4 is 11.6 Å². The van der Waals surface area contributed by atoms with Crippen LogP contribution in [-0.2, 0) is 16.1 Å². The Balaban J connectivity index is 2.80. The number of anilines is 1. The molecule has 94 valence electrons. The van der Waals surface area contributed by atoms with Crippen LogP contribution >= 0.6 is 0 Å². The van der Waals surface area contributed by atoms with Gasteiger partial charge in [-0.25, -0.2) is 0 Å². The van der Waals surface area contributed by atoms with Gasteiger partial charge in [-0.1, -0.05) is 18.2 Å². The number of carbonyl (C=O) groups is 1. The molecule has 0 saturated heterocycles. The molecule has 1 rings (SSSR count). The molecule has 0 fully saturated rings. The minimum absolute atomic E-state index is 0.207. The Morgan fingerprint density at radius 2 is 2.06 bits per heavy atom. The van der Waals surface area contributed by atoms with Gasteiger partial charge in [0.05, 0.1) is 12.1 Å². The summed E-state index contributed by atoms with van der Waals surface area (Å²) in [6.45, 7) is 6.41. The standard InChI is InChI=1S/C13H20N2O2/c1-4-17-9-10-7-5-6-8-11(10)15-12(16)13(2,3)14/h5-8H,4,9,14H2,1-3H3,(H,15,16). The molecule has 0 heterocycles. The van der Waals surface area contributed by atoms with Gasteiger partial charge in [0, 0.05) is 17.9 Å². The molecule has 1 amide bonds. The molecule has 0 atom stereocenters. The molecule has 1 aromatic carbocycles. The highest BCUT2D eigenvalue weighted by atomic mass is 16.5. The van der Waals surface area contributed by atoms with Crippen molar-refractivity contribution in [3.05, 3.63) is 29.8 Å². The van der Waals surface area contributed by atoms with Crippen molar-refractivity contribution in [3.8, 4) is 0 Å². The predicted octanol–water partition coefficient (Wildman–Crippen LogP) is 1.90. The van der Waals surface area contributed by atoms with Crippen LogP contribution in [-0.4, -0.2) is 18.1 Å². The summed E-state index contributed by atoms with van der Waals surface area (Å²) < 4.78 is 5.34. The minimum Gasteiger partial charge on any atom is -0.377 e. The number of ether oxygens (including phenoxy) is 1. The summed E-state index contributed by atoms with van der Waals surface area (Å²) in [7, 11) is 0. The summed E-state index contributed by atoms with van der Waals surface area (Å²) in [5, 5.41) is 2.82. The lowest BCUT2D eigenvalue weighted by atomic mass is 10.1. The lowest BCUT2D eigenvalue weighted by Gasteiger charge is -2.19. The van der Waals surface area contributed by atoms with Gasteiger partial charge in [0.1, 0.15) is 0 Å². The highest BCUT2D eigenvalue weighted by Gasteiger charge is 2.22. The minimum atomic E-state index is -0.890. The second-order valence-electron chi connectivity index (χ2n) is 4.47. The van der Waals surface area contributed by atoms with E-state index in [-0.39, 0.29) is 5.91 Å². The van der Waals surface area contributed by atoms with Crippen LogP contribution in [0.5, 0.6) is 0 Å². The van der Waals surface area contributed by atoms with Gasteiger partial charge in [-0.2, -0.15) is 0 Å². The monoisotopic (exact) mass is 236 g/mol. The Hall–Kier alpha value is -1.39. The Morgan fingerprint density at radius 3 is 2.65 bits per heavy atom. The summed E-state index contributed by atoms with van der Waals surface area (Å²) in [4.78, 5) is 11.8. The van der Waals surface area contributed by atoms with Gasteiger partial charge in [-0.3, -0.25) is 4.79 Å². The van der Waals surface area contributed by atoms with Gasteiger partial charge >= 0.3 is 0 Å². The fourth-order valence-corrected chi connectivity index (χ4v) is 1.26. The molecule has 1 aromatic rings. The zero-order valence-electron chi connectivity index (χ0n) is 10.6. The summed E-state index contributed by atoms with van der Waals surface area (Å²) in [5.74, 6) is -0.207. The maximum atomic E-state index is 11.8. The quantitative estimate of drug-likeness (QED) is 0.820. The third kappa shape index (κ3) is 4.17. The molecule has 3 N–H and O–H groups in total. The molecule has 0 aliphatic heterocycles. The number of hydrogen-bond donors (Lipinski definition) is 2. The fourth-order valence-electron chi connectivity index (χ4n) is 1.26. The number of carbonyl (C=O) groups excluding carboxylic acids is 1. The van der Waals surface area contributed by atoms with Gasteiger partial charge in [0.15, 0.2) is 0 Å². The normalized spacial score (nSPS) is 11.3. The maximum absolute atomic E-state index is 11.8. The first kappa shape index (κ1) is 13.7. The Morgan fingerprint density at radius 1 is 1.41 bits per heavy atom. The molecular weight excluding hydrogens is 216 g/mol. The van der Waals surface area contributed by atoms with Gasteiger partial charge in [-0.15, -0.1) is 0 Å². The Kier molecular flexibility index (Phi) is 4.66. The van der Waals surface area contributed by atoms with Crippen molar-refractivity contribution in [2.45, 2.75) is 32.9 Å². The number of rotatable bonds is 5. The number of benzene rings is 1. The number of hydrogen-bond acceptors (Lipinski definition) is 3. The molecule has 0 aliphatic carbocycles. The zero-order valence-corrected chi connectivity index (χ0v) is 10.6. The molecule has 0 saturated carbocycles. The highest BCUT2D eigenvalue weighted by molar-refractivity contribution is 5.97. The van der Waals surface area contributed by atoms with Crippen molar-refractivity contribution in [3.63, 3.8) is 0 Å². The first-order valence-electron chi connectivity index (χ1n) is 5.71. The van der Waals surface area contributed by atoms with E-state index in [4.69, 9.17) is 10.5 Å². The van der Waals surface area contributed by atoms with Gasteiger partial charge in [0.2, 0.25) is 5.91 Å². The average Bonchev–Trinajstić information content (AvgIpc) is 2.26. The van der Waals surface area contributed by atoms with Crippen LogP contribution in [0.1, 0.15) is 26.3 Å². The number of amides is 1. The fraction of sp³-hybridized carbons (Fsp3) is 0.462. The van der Waals surface area contributed by atoms with E-state index in [0.29, 0.717) is 13.2 Å². The van der Waals surface area contributed by atoms with Crippen LogP contribution in [0, 0.1) is 0 Å². The first-order chi connectivity index (χ1) is 7.95. The van der Waals surface area contributed by atoms with E-state index in [0.717, 1.165) is 11.3 Å². The van der Waals surface area contributed by atoms with Crippen LogP contribution < -0.4 is 11.1 Å². The van der Waals surface area contributed by atoms with Crippen molar-refractivity contribution < 1.29 is 9.53 Å². The van der Waals surface area contributed by atoms with E-state index in [1.54, 1.807) is 13.8 Å². The number of para-hydroxylation sites is 1. The van der Waals surface area contributed by atoms with E-state index in [2.05, 4.69) is 5.32 Å². The van der Waals surface area contributed by atoms with Crippen molar-refractivity contribution in [1.29, 1.82) is 0 Å². The van der Waals surface area contributed by atoms with Gasteiger partial charge in [-0.05, 0) is 26.8 Å². The molecule has 4 nitrogen and oxygen atoms in total. The summed E-state index contributed by atoms with van der Waals surface area (Å²) >= 11 is 0. The van der Waals surface area contributed by atoms with E-state index in [1.165, 1.54) is 0 Å². The topological polar surface area (TPSA) is 64.3 Å². The van der Waals surface area contributed by atoms with Crippen LogP contribution in [0.25, 0.3) is 0 Å². The third-order valence-electron chi connectivity index (χ3n) is 2.31. The van der Waals surface area contributed by atoms with Crippen LogP contribution in [0.15, 0.2) is 24.3 Å². The molecule has 0 radical (unpaired) electrons. The summed E-state index contributed by atoms with van der Waals surface area (Å²) in [6.07, 6.45) is 0. The van der Waals surface area contributed by atoms with E-state index >= 15 is 0 Å². The smallest absolute Gasteiger partial charge is 0.243 e. The lowest BCUT2D eigenvalue weighted by Crippen LogP contribution is -2.45. The van der Waals surface area contributed by atoms with Crippen molar-refractivity contribution in [2.75, 3.05) is 11.9 Å². The number of nitrogens with two attached hydrogens (primary N) is 1. The van der Waals surface area contributed by atoms with E-state index < -0.39 is 5.54 Å². The summed E-state index contributed by atoms with van der Waals surface area (Å²) in [5.41, 5.74) is 6.55. The SMILES string of the molecule is CCOCc1ccccc1NC(=O)C(C)(C)N. The van der Waals surface area contributed by atoms with E-state index in [1.807, 2.05) is 31.2 Å². The second kappa shape index (κ2) is 5.80. The van der Waals surface area contributed by atoms with Crippen molar-refractivity contribution in [2.24, 2.45) is 5.73 Å². The largest absolute Gasteiger partial charge is 0.377 e. The molecule has 0 bridgehead atoms. The highest BCUT2D eigenvalue weighted by Crippen LogP contribution is 2.17. The molecule has 17 heavy (non-hydrogen) atoms. The lowest BCUT2D eigenvalue weighted by molar-refractivity contribution is -0.120. The molecule has 0 aromatic heterocycles. The predicted molar refractivity (Wildman–Crippen MR) is 68.7 cm³/mol. The first-order valence-corrected chi connectivity index (χ1v) is 5.71. The van der Waals surface area contributed by atoms with Crippen LogP contribution in [0.3, 0.4) is 0 Å². The molecule has 4 heteroatoms. The molecule has 0 aliphatic rings. The summed E-state index contributed by atoms with van der Waals surface area (Å²) in [6, 6.07) is 7.55. The number of nitrogens with one attached hydrogen (secondary N) is 1. The van der Waals surface area contributed by atoms with E-state index in [9.17, 15) is 4.79 Å². The van der Waals surface area contributed by atoms with Crippen LogP contribution in [0.2, 0.25) is 0 Å². The molecular formula is C13H20N2O2. The Labute approximate surface area is 102 Å². The molecule has 0 unspecified atom stereocenters. The van der Waals surface area contributed by atoms with Gasteiger partial charge < -0.3 is 15.8 Å².